The third kappa shape index (κ3) is 5.65. The first kappa shape index (κ1) is 17.4. The van der Waals surface area contributed by atoms with Crippen molar-refractivity contribution in [2.75, 3.05) is 25.6 Å². The van der Waals surface area contributed by atoms with Crippen molar-refractivity contribution in [1.82, 2.24) is 20.1 Å². The molecule has 0 saturated carbocycles. The molecule has 1 amide bonds. The first-order valence-electron chi connectivity index (χ1n) is 7.21. The summed E-state index contributed by atoms with van der Waals surface area (Å²) in [7, 11) is 1.60. The fourth-order valence-corrected chi connectivity index (χ4v) is 2.14. The van der Waals surface area contributed by atoms with Crippen LogP contribution >= 0.6 is 15.9 Å². The van der Waals surface area contributed by atoms with Crippen LogP contribution in [0.5, 0.6) is 0 Å². The number of aryl methyl sites for hydroxylation is 1. The molecule has 0 aliphatic carbocycles. The van der Waals surface area contributed by atoms with Gasteiger partial charge in [0, 0.05) is 30.5 Å². The SMILES string of the molecule is COCCNC(=O)Cn1cc(NCc2cc(C)c(Br)cn2)cn1. The van der Waals surface area contributed by atoms with E-state index >= 15 is 0 Å². The molecule has 2 N–H and O–H groups in total. The molecule has 2 aromatic rings. The Balaban J connectivity index is 1.82. The van der Waals surface area contributed by atoms with Crippen LogP contribution in [0.3, 0.4) is 0 Å². The Bertz CT molecular complexity index is 659. The number of nitrogens with one attached hydrogen (secondary N) is 2. The van der Waals surface area contributed by atoms with Crippen LogP contribution < -0.4 is 10.6 Å². The molecule has 2 aromatic heterocycles. The number of ether oxygens (including phenoxy) is 1. The summed E-state index contributed by atoms with van der Waals surface area (Å²) in [4.78, 5) is 16.0. The van der Waals surface area contributed by atoms with Crippen LogP contribution in [0, 0.1) is 6.92 Å². The quantitative estimate of drug-likeness (QED) is 0.680. The van der Waals surface area contributed by atoms with E-state index in [4.69, 9.17) is 4.74 Å². The molecule has 2 rings (SSSR count). The summed E-state index contributed by atoms with van der Waals surface area (Å²) in [6.07, 6.45) is 5.27. The minimum absolute atomic E-state index is 0.0955. The summed E-state index contributed by atoms with van der Waals surface area (Å²) in [6.45, 7) is 3.80. The molecular formula is C15H20BrN5O2. The van der Waals surface area contributed by atoms with Crippen molar-refractivity contribution in [3.05, 3.63) is 40.4 Å². The predicted molar refractivity (Wildman–Crippen MR) is 91.1 cm³/mol. The molecule has 8 heteroatoms. The van der Waals surface area contributed by atoms with Crippen LogP contribution in [-0.2, 0) is 22.6 Å². The van der Waals surface area contributed by atoms with Crippen LogP contribution in [-0.4, -0.2) is 40.9 Å². The Hall–Kier alpha value is -1.93. The van der Waals surface area contributed by atoms with Crippen LogP contribution in [0.4, 0.5) is 5.69 Å². The van der Waals surface area contributed by atoms with E-state index in [0.717, 1.165) is 21.4 Å². The third-order valence-electron chi connectivity index (χ3n) is 3.14. The van der Waals surface area contributed by atoms with Crippen molar-refractivity contribution >= 4 is 27.5 Å². The summed E-state index contributed by atoms with van der Waals surface area (Å²) in [5.74, 6) is -0.0955. The predicted octanol–water partition coefficient (Wildman–Crippen LogP) is 1.72. The zero-order valence-electron chi connectivity index (χ0n) is 13.2. The van der Waals surface area contributed by atoms with Gasteiger partial charge in [0.2, 0.25) is 5.91 Å². The number of hydrogen-bond acceptors (Lipinski definition) is 5. The van der Waals surface area contributed by atoms with Gasteiger partial charge in [-0.05, 0) is 34.5 Å². The zero-order chi connectivity index (χ0) is 16.7. The van der Waals surface area contributed by atoms with Crippen LogP contribution in [0.15, 0.2) is 29.1 Å². The lowest BCUT2D eigenvalue weighted by Gasteiger charge is -2.05. The molecular weight excluding hydrogens is 362 g/mol. The summed E-state index contributed by atoms with van der Waals surface area (Å²) in [6, 6.07) is 2.02. The molecule has 0 bridgehead atoms. The summed E-state index contributed by atoms with van der Waals surface area (Å²) < 4.78 is 7.46. The average Bonchev–Trinajstić information content (AvgIpc) is 2.96. The van der Waals surface area contributed by atoms with Gasteiger partial charge in [0.1, 0.15) is 6.54 Å². The van der Waals surface area contributed by atoms with Gasteiger partial charge in [-0.2, -0.15) is 5.10 Å². The van der Waals surface area contributed by atoms with Crippen molar-refractivity contribution in [2.45, 2.75) is 20.0 Å². The highest BCUT2D eigenvalue weighted by Crippen LogP contribution is 2.15. The maximum atomic E-state index is 11.7. The second-order valence-corrected chi connectivity index (χ2v) is 5.90. The molecule has 23 heavy (non-hydrogen) atoms. The number of amides is 1. The smallest absolute Gasteiger partial charge is 0.241 e. The highest BCUT2D eigenvalue weighted by atomic mass is 79.9. The number of methoxy groups -OCH3 is 1. The molecule has 124 valence electrons. The number of aromatic nitrogens is 3. The maximum absolute atomic E-state index is 11.7. The fourth-order valence-electron chi connectivity index (χ4n) is 1.92. The summed E-state index contributed by atoms with van der Waals surface area (Å²) in [5, 5.41) is 10.2. The zero-order valence-corrected chi connectivity index (χ0v) is 14.8. The average molecular weight is 382 g/mol. The highest BCUT2D eigenvalue weighted by molar-refractivity contribution is 9.10. The maximum Gasteiger partial charge on any atom is 0.241 e. The molecule has 0 spiro atoms. The first-order chi connectivity index (χ1) is 11.1. The van der Waals surface area contributed by atoms with E-state index in [1.807, 2.05) is 13.0 Å². The van der Waals surface area contributed by atoms with E-state index in [2.05, 4.69) is 36.6 Å². The number of carbonyl (C=O) groups excluding carboxylic acids is 1. The van der Waals surface area contributed by atoms with E-state index < -0.39 is 0 Å². The first-order valence-corrected chi connectivity index (χ1v) is 8.01. The Labute approximate surface area is 143 Å². The van der Waals surface area contributed by atoms with E-state index in [9.17, 15) is 4.79 Å². The number of hydrogen-bond donors (Lipinski definition) is 2. The molecule has 0 aliphatic rings. The van der Waals surface area contributed by atoms with Gasteiger partial charge < -0.3 is 15.4 Å². The Kier molecular flexibility index (Phi) is 6.54. The van der Waals surface area contributed by atoms with Gasteiger partial charge in [0.05, 0.1) is 30.7 Å². The molecule has 0 atom stereocenters. The van der Waals surface area contributed by atoms with E-state index in [1.54, 1.807) is 30.4 Å². The minimum atomic E-state index is -0.0955. The summed E-state index contributed by atoms with van der Waals surface area (Å²) in [5.41, 5.74) is 2.92. The summed E-state index contributed by atoms with van der Waals surface area (Å²) >= 11 is 3.43. The van der Waals surface area contributed by atoms with E-state index in [1.165, 1.54) is 0 Å². The number of carbonyl (C=O) groups is 1. The Morgan fingerprint density at radius 1 is 1.43 bits per heavy atom. The van der Waals surface area contributed by atoms with E-state index in [-0.39, 0.29) is 12.5 Å². The number of rotatable bonds is 8. The second-order valence-electron chi connectivity index (χ2n) is 5.05. The number of pyridine rings is 1. The minimum Gasteiger partial charge on any atom is -0.383 e. The lowest BCUT2D eigenvalue weighted by molar-refractivity contribution is -0.122. The van der Waals surface area contributed by atoms with Crippen molar-refractivity contribution in [3.8, 4) is 0 Å². The Morgan fingerprint density at radius 3 is 3.00 bits per heavy atom. The highest BCUT2D eigenvalue weighted by Gasteiger charge is 2.05. The van der Waals surface area contributed by atoms with Gasteiger partial charge in [-0.1, -0.05) is 0 Å². The van der Waals surface area contributed by atoms with Gasteiger partial charge >= 0.3 is 0 Å². The molecule has 0 radical (unpaired) electrons. The van der Waals surface area contributed by atoms with Gasteiger partial charge in [-0.3, -0.25) is 14.5 Å². The van der Waals surface area contributed by atoms with Crippen LogP contribution in [0.2, 0.25) is 0 Å². The third-order valence-corrected chi connectivity index (χ3v) is 3.97. The number of anilines is 1. The van der Waals surface area contributed by atoms with Crippen LogP contribution in [0.25, 0.3) is 0 Å². The molecule has 2 heterocycles. The lowest BCUT2D eigenvalue weighted by Crippen LogP contribution is -2.30. The van der Waals surface area contributed by atoms with Gasteiger partial charge in [-0.25, -0.2) is 0 Å². The van der Waals surface area contributed by atoms with Gasteiger partial charge in [-0.15, -0.1) is 0 Å². The van der Waals surface area contributed by atoms with Crippen molar-refractivity contribution in [2.24, 2.45) is 0 Å². The van der Waals surface area contributed by atoms with Gasteiger partial charge in [0.15, 0.2) is 0 Å². The monoisotopic (exact) mass is 381 g/mol. The van der Waals surface area contributed by atoms with Crippen molar-refractivity contribution in [1.29, 1.82) is 0 Å². The fraction of sp³-hybridized carbons (Fsp3) is 0.400. The topological polar surface area (TPSA) is 81.1 Å². The standard InChI is InChI=1S/C15H20BrN5O2/c1-11-5-12(19-8-14(11)16)6-18-13-7-20-21(9-13)10-15(22)17-3-4-23-2/h5,7-9,18H,3-4,6,10H2,1-2H3,(H,17,22). The second kappa shape index (κ2) is 8.64. The number of nitrogens with zero attached hydrogens (tertiary/aromatic N) is 3. The lowest BCUT2D eigenvalue weighted by atomic mass is 10.2. The molecule has 0 fully saturated rings. The van der Waals surface area contributed by atoms with Crippen molar-refractivity contribution < 1.29 is 9.53 Å². The van der Waals surface area contributed by atoms with Gasteiger partial charge in [0.25, 0.3) is 0 Å². The normalized spacial score (nSPS) is 10.6. The molecule has 0 saturated heterocycles. The van der Waals surface area contributed by atoms with E-state index in [0.29, 0.717) is 19.7 Å². The molecule has 7 nitrogen and oxygen atoms in total. The largest absolute Gasteiger partial charge is 0.383 e. The van der Waals surface area contributed by atoms with Crippen LogP contribution in [0.1, 0.15) is 11.3 Å². The molecule has 0 aromatic carbocycles. The number of halogens is 1. The molecule has 0 aliphatic heterocycles. The Morgan fingerprint density at radius 2 is 2.26 bits per heavy atom. The molecule has 0 unspecified atom stereocenters. The van der Waals surface area contributed by atoms with Crippen molar-refractivity contribution in [3.63, 3.8) is 0 Å².